The summed E-state index contributed by atoms with van der Waals surface area (Å²) in [5.41, 5.74) is -0.0265. The van der Waals surface area contributed by atoms with Gasteiger partial charge in [0, 0.05) is 5.69 Å². The summed E-state index contributed by atoms with van der Waals surface area (Å²) in [7, 11) is 0. The number of pyridine rings is 1. The summed E-state index contributed by atoms with van der Waals surface area (Å²) in [6, 6.07) is 1.44. The Balaban J connectivity index is 3.28. The maximum absolute atomic E-state index is 12.2. The van der Waals surface area contributed by atoms with E-state index in [-0.39, 0.29) is 10.0 Å². The number of rotatable bonds is 1. The summed E-state index contributed by atoms with van der Waals surface area (Å²) in [5.74, 6) is 0. The minimum atomic E-state index is -2.69. The Morgan fingerprint density at radius 1 is 1.42 bits per heavy atom. The van der Waals surface area contributed by atoms with Crippen molar-refractivity contribution in [2.45, 2.75) is 13.3 Å². The van der Waals surface area contributed by atoms with E-state index in [1.807, 2.05) is 0 Å². The molecule has 1 nitrogen and oxygen atoms in total. The number of alkyl halides is 2. The van der Waals surface area contributed by atoms with Gasteiger partial charge in [0.25, 0.3) is 6.43 Å². The van der Waals surface area contributed by atoms with Crippen LogP contribution in [0.25, 0.3) is 0 Å². The largest absolute Gasteiger partial charge is 0.281 e. The van der Waals surface area contributed by atoms with Crippen LogP contribution in [0.1, 0.15) is 17.8 Å². The molecule has 1 aromatic rings. The van der Waals surface area contributed by atoms with E-state index in [0.29, 0.717) is 5.69 Å². The highest BCUT2D eigenvalue weighted by Gasteiger charge is 2.16. The SMILES string of the molecule is Cc1cc(Cl)c(Cl)c(C(F)F)n1. The molecule has 66 valence electrons. The van der Waals surface area contributed by atoms with E-state index in [9.17, 15) is 8.78 Å². The monoisotopic (exact) mass is 211 g/mol. The molecule has 1 heterocycles. The van der Waals surface area contributed by atoms with Gasteiger partial charge in [-0.05, 0) is 13.0 Å². The molecule has 5 heteroatoms. The Morgan fingerprint density at radius 2 is 2.00 bits per heavy atom. The Morgan fingerprint density at radius 3 is 2.50 bits per heavy atom. The molecule has 0 aromatic carbocycles. The number of aromatic nitrogens is 1. The van der Waals surface area contributed by atoms with Crippen molar-refractivity contribution in [1.29, 1.82) is 0 Å². The molecular weight excluding hydrogens is 207 g/mol. The summed E-state index contributed by atoms with van der Waals surface area (Å²) in [4.78, 5) is 3.57. The number of hydrogen-bond donors (Lipinski definition) is 0. The predicted octanol–water partition coefficient (Wildman–Crippen LogP) is 3.63. The molecule has 0 saturated heterocycles. The van der Waals surface area contributed by atoms with E-state index in [0.717, 1.165) is 0 Å². The van der Waals surface area contributed by atoms with Gasteiger partial charge in [-0.15, -0.1) is 0 Å². The summed E-state index contributed by atoms with van der Waals surface area (Å²) in [6.45, 7) is 1.58. The Bertz CT molecular complexity index is 302. The molecule has 0 radical (unpaired) electrons. The van der Waals surface area contributed by atoms with Crippen LogP contribution >= 0.6 is 23.2 Å². The summed E-state index contributed by atoms with van der Waals surface area (Å²) in [5, 5.41) is -0.0586. The summed E-state index contributed by atoms with van der Waals surface area (Å²) >= 11 is 11.0. The van der Waals surface area contributed by atoms with Gasteiger partial charge in [-0.25, -0.2) is 8.78 Å². The third kappa shape index (κ3) is 1.84. The molecule has 0 unspecified atom stereocenters. The lowest BCUT2D eigenvalue weighted by Gasteiger charge is -2.04. The lowest BCUT2D eigenvalue weighted by atomic mass is 10.3. The second-order valence-corrected chi connectivity index (χ2v) is 3.03. The van der Waals surface area contributed by atoms with Crippen LogP contribution in [-0.2, 0) is 0 Å². The third-order valence-corrected chi connectivity index (χ3v) is 2.07. The first-order valence-electron chi connectivity index (χ1n) is 3.13. The van der Waals surface area contributed by atoms with Crippen LogP contribution in [0.5, 0.6) is 0 Å². The minimum Gasteiger partial charge on any atom is -0.250 e. The van der Waals surface area contributed by atoms with Crippen molar-refractivity contribution in [2.75, 3.05) is 0 Å². The zero-order valence-electron chi connectivity index (χ0n) is 6.11. The molecule has 0 aliphatic rings. The topological polar surface area (TPSA) is 12.9 Å². The van der Waals surface area contributed by atoms with E-state index in [1.165, 1.54) is 6.07 Å². The van der Waals surface area contributed by atoms with Crippen molar-refractivity contribution in [3.05, 3.63) is 27.5 Å². The van der Waals surface area contributed by atoms with Gasteiger partial charge in [0.1, 0.15) is 5.69 Å². The average molecular weight is 212 g/mol. The lowest BCUT2D eigenvalue weighted by Crippen LogP contribution is -1.94. The molecule has 0 saturated carbocycles. The molecule has 0 aliphatic heterocycles. The third-order valence-electron chi connectivity index (χ3n) is 1.27. The summed E-state index contributed by atoms with van der Waals surface area (Å²) in [6.07, 6.45) is -2.69. The first kappa shape index (κ1) is 9.68. The van der Waals surface area contributed by atoms with Crippen LogP contribution < -0.4 is 0 Å². The highest BCUT2D eigenvalue weighted by molar-refractivity contribution is 6.42. The number of hydrogen-bond acceptors (Lipinski definition) is 1. The first-order valence-corrected chi connectivity index (χ1v) is 3.88. The Hall–Kier alpha value is -0.410. The van der Waals surface area contributed by atoms with Crippen molar-refractivity contribution in [3.63, 3.8) is 0 Å². The molecule has 0 bridgehead atoms. The van der Waals surface area contributed by atoms with Gasteiger partial charge in [-0.2, -0.15) is 0 Å². The van der Waals surface area contributed by atoms with E-state index in [4.69, 9.17) is 23.2 Å². The van der Waals surface area contributed by atoms with E-state index in [2.05, 4.69) is 4.98 Å². The second kappa shape index (κ2) is 3.54. The van der Waals surface area contributed by atoms with Gasteiger partial charge < -0.3 is 0 Å². The van der Waals surface area contributed by atoms with Crippen molar-refractivity contribution in [1.82, 2.24) is 4.98 Å². The van der Waals surface area contributed by atoms with Crippen molar-refractivity contribution in [2.24, 2.45) is 0 Å². The molecule has 0 fully saturated rings. The average Bonchev–Trinajstić information content (AvgIpc) is 1.96. The maximum atomic E-state index is 12.2. The van der Waals surface area contributed by atoms with Crippen LogP contribution in [0.15, 0.2) is 6.07 Å². The van der Waals surface area contributed by atoms with Gasteiger partial charge in [0.15, 0.2) is 0 Å². The molecular formula is C7H5Cl2F2N. The van der Waals surface area contributed by atoms with Crippen LogP contribution in [0.4, 0.5) is 8.78 Å². The van der Waals surface area contributed by atoms with Crippen LogP contribution in [0, 0.1) is 6.92 Å². The Kier molecular flexibility index (Phi) is 2.85. The van der Waals surface area contributed by atoms with Gasteiger partial charge in [-0.1, -0.05) is 23.2 Å². The van der Waals surface area contributed by atoms with Crippen molar-refractivity contribution >= 4 is 23.2 Å². The van der Waals surface area contributed by atoms with Crippen molar-refractivity contribution in [3.8, 4) is 0 Å². The van der Waals surface area contributed by atoms with Gasteiger partial charge in [0.2, 0.25) is 0 Å². The standard InChI is InChI=1S/C7H5Cl2F2N/c1-3-2-4(8)5(9)6(12-3)7(10)11/h2,7H,1H3. The van der Waals surface area contributed by atoms with Gasteiger partial charge in [0.05, 0.1) is 10.0 Å². The van der Waals surface area contributed by atoms with Crippen LogP contribution in [0.3, 0.4) is 0 Å². The molecule has 0 aliphatic carbocycles. The number of aryl methyl sites for hydroxylation is 1. The highest BCUT2D eigenvalue weighted by Crippen LogP contribution is 2.31. The minimum absolute atomic E-state index is 0.111. The number of halogens is 4. The smallest absolute Gasteiger partial charge is 0.250 e. The predicted molar refractivity (Wildman–Crippen MR) is 44.0 cm³/mol. The lowest BCUT2D eigenvalue weighted by molar-refractivity contribution is 0.146. The first-order chi connectivity index (χ1) is 5.52. The maximum Gasteiger partial charge on any atom is 0.281 e. The van der Waals surface area contributed by atoms with Gasteiger partial charge in [-0.3, -0.25) is 4.98 Å². The molecule has 0 atom stereocenters. The molecule has 0 spiro atoms. The molecule has 0 N–H and O–H groups in total. The fourth-order valence-corrected chi connectivity index (χ4v) is 1.22. The summed E-state index contributed by atoms with van der Waals surface area (Å²) < 4.78 is 24.4. The fourth-order valence-electron chi connectivity index (χ4n) is 0.785. The van der Waals surface area contributed by atoms with Gasteiger partial charge >= 0.3 is 0 Å². The highest BCUT2D eigenvalue weighted by atomic mass is 35.5. The van der Waals surface area contributed by atoms with E-state index < -0.39 is 12.1 Å². The second-order valence-electron chi connectivity index (χ2n) is 2.25. The van der Waals surface area contributed by atoms with Crippen LogP contribution in [0.2, 0.25) is 10.0 Å². The molecule has 1 aromatic heterocycles. The van der Waals surface area contributed by atoms with Crippen LogP contribution in [-0.4, -0.2) is 4.98 Å². The zero-order chi connectivity index (χ0) is 9.30. The number of nitrogens with zero attached hydrogens (tertiary/aromatic N) is 1. The normalized spacial score (nSPS) is 10.8. The molecule has 0 amide bonds. The Labute approximate surface area is 78.3 Å². The quantitative estimate of drug-likeness (QED) is 0.692. The fraction of sp³-hybridized carbons (Fsp3) is 0.286. The molecule has 1 rings (SSSR count). The zero-order valence-corrected chi connectivity index (χ0v) is 7.63. The molecule has 12 heavy (non-hydrogen) atoms. The van der Waals surface area contributed by atoms with Crippen molar-refractivity contribution < 1.29 is 8.78 Å². The van der Waals surface area contributed by atoms with E-state index in [1.54, 1.807) is 6.92 Å². The van der Waals surface area contributed by atoms with E-state index >= 15 is 0 Å².